The molecule has 0 nitrogen and oxygen atoms in total. The summed E-state index contributed by atoms with van der Waals surface area (Å²) >= 11 is 0. The third kappa shape index (κ3) is 3.57. The smallest absolute Gasteiger partial charge is 0.131 e. The minimum atomic E-state index is -0.180. The van der Waals surface area contributed by atoms with E-state index in [-0.39, 0.29) is 16.6 Å². The number of hydrogen-bond acceptors (Lipinski definition) is 0. The maximum atomic E-state index is 14.9. The highest BCUT2D eigenvalue weighted by atomic mass is 19.1. The molecule has 1 aliphatic rings. The van der Waals surface area contributed by atoms with Crippen molar-refractivity contribution in [1.82, 2.24) is 0 Å². The summed E-state index contributed by atoms with van der Waals surface area (Å²) in [4.78, 5) is 0. The molecule has 6 aromatic carbocycles. The van der Waals surface area contributed by atoms with Gasteiger partial charge in [-0.2, -0.15) is 0 Å². The van der Waals surface area contributed by atoms with E-state index in [0.717, 1.165) is 10.9 Å². The van der Waals surface area contributed by atoms with Gasteiger partial charge in [-0.25, -0.2) is 4.39 Å². The van der Waals surface area contributed by atoms with Gasteiger partial charge in [0.15, 0.2) is 0 Å². The number of rotatable bonds is 2. The molecule has 0 saturated heterocycles. The van der Waals surface area contributed by atoms with E-state index in [4.69, 9.17) is 0 Å². The second-order valence-corrected chi connectivity index (χ2v) is 12.9. The molecule has 0 spiro atoms. The molecule has 0 aromatic heterocycles. The Hall–Kier alpha value is -3.97. The molecule has 0 radical (unpaired) electrons. The maximum Gasteiger partial charge on any atom is 0.131 e. The summed E-state index contributed by atoms with van der Waals surface area (Å²) in [5.41, 5.74) is 9.50. The Labute approximate surface area is 236 Å². The first-order valence-corrected chi connectivity index (χ1v) is 14.4. The molecule has 7 rings (SSSR count). The van der Waals surface area contributed by atoms with Crippen LogP contribution in [0.3, 0.4) is 0 Å². The molecule has 198 valence electrons. The van der Waals surface area contributed by atoms with E-state index in [1.807, 2.05) is 30.3 Å². The van der Waals surface area contributed by atoms with Crippen molar-refractivity contribution in [2.75, 3.05) is 0 Å². The lowest BCUT2D eigenvalue weighted by atomic mass is 9.60. The fourth-order valence-corrected chi connectivity index (χ4v) is 7.55. The van der Waals surface area contributed by atoms with Crippen LogP contribution in [0.5, 0.6) is 0 Å². The Bertz CT molecular complexity index is 1910. The molecule has 0 atom stereocenters. The molecule has 1 aliphatic carbocycles. The van der Waals surface area contributed by atoms with Gasteiger partial charge in [-0.15, -0.1) is 0 Å². The van der Waals surface area contributed by atoms with Gasteiger partial charge in [0.25, 0.3) is 0 Å². The van der Waals surface area contributed by atoms with Crippen LogP contribution in [0.1, 0.15) is 57.2 Å². The molecule has 0 fully saturated rings. The van der Waals surface area contributed by atoms with Crippen LogP contribution in [-0.2, 0) is 10.8 Å². The monoisotopic (exact) mass is 522 g/mol. The first-order chi connectivity index (χ1) is 19.2. The van der Waals surface area contributed by atoms with E-state index in [0.29, 0.717) is 5.39 Å². The van der Waals surface area contributed by atoms with Crippen molar-refractivity contribution in [1.29, 1.82) is 0 Å². The summed E-state index contributed by atoms with van der Waals surface area (Å²) < 4.78 is 14.9. The van der Waals surface area contributed by atoms with E-state index in [2.05, 4.69) is 95.3 Å². The van der Waals surface area contributed by atoms with Crippen molar-refractivity contribution in [3.05, 3.63) is 120 Å². The molecule has 40 heavy (non-hydrogen) atoms. The summed E-state index contributed by atoms with van der Waals surface area (Å²) in [7, 11) is 0. The van der Waals surface area contributed by atoms with Crippen molar-refractivity contribution < 1.29 is 4.39 Å². The van der Waals surface area contributed by atoms with Crippen molar-refractivity contribution >= 4 is 32.3 Å². The minimum Gasteiger partial charge on any atom is -0.206 e. The molecule has 0 amide bonds. The third-order valence-corrected chi connectivity index (χ3v) is 9.48. The van der Waals surface area contributed by atoms with Crippen molar-refractivity contribution in [2.24, 2.45) is 0 Å². The van der Waals surface area contributed by atoms with E-state index in [9.17, 15) is 4.39 Å². The van der Waals surface area contributed by atoms with Crippen molar-refractivity contribution in [2.45, 2.75) is 58.3 Å². The summed E-state index contributed by atoms with van der Waals surface area (Å²) in [6, 6.07) is 33.8. The molecule has 0 aliphatic heterocycles. The molecular formula is C39H35F. The van der Waals surface area contributed by atoms with Crippen molar-refractivity contribution in [3.63, 3.8) is 0 Å². The maximum absolute atomic E-state index is 14.9. The summed E-state index contributed by atoms with van der Waals surface area (Å²) in [6.07, 6.45) is 2.36. The Morgan fingerprint density at radius 1 is 0.475 bits per heavy atom. The molecule has 0 unspecified atom stereocenters. The van der Waals surface area contributed by atoms with Crippen LogP contribution in [0, 0.1) is 12.7 Å². The predicted octanol–water partition coefficient (Wildman–Crippen LogP) is 11.3. The van der Waals surface area contributed by atoms with Gasteiger partial charge in [-0.3, -0.25) is 0 Å². The van der Waals surface area contributed by atoms with Crippen LogP contribution in [0.2, 0.25) is 0 Å². The normalized spacial score (nSPS) is 15.9. The zero-order chi connectivity index (χ0) is 27.8. The second kappa shape index (κ2) is 8.77. The largest absolute Gasteiger partial charge is 0.206 e. The minimum absolute atomic E-state index is 0.0697. The van der Waals surface area contributed by atoms with E-state index in [1.165, 1.54) is 67.8 Å². The zero-order valence-corrected chi connectivity index (χ0v) is 24.0. The van der Waals surface area contributed by atoms with Crippen LogP contribution in [0.25, 0.3) is 54.6 Å². The Morgan fingerprint density at radius 2 is 0.900 bits per heavy atom. The topological polar surface area (TPSA) is 0 Å². The molecular weight excluding hydrogens is 487 g/mol. The Kier molecular flexibility index (Phi) is 5.48. The van der Waals surface area contributed by atoms with Gasteiger partial charge in [0, 0.05) is 5.39 Å². The molecule has 0 N–H and O–H groups in total. The highest BCUT2D eigenvalue weighted by molar-refractivity contribution is 6.23. The number of aryl methyl sites for hydroxylation is 1. The van der Waals surface area contributed by atoms with Gasteiger partial charge in [0.05, 0.1) is 0 Å². The first kappa shape index (κ1) is 25.0. The van der Waals surface area contributed by atoms with E-state index in [1.54, 1.807) is 6.07 Å². The van der Waals surface area contributed by atoms with Gasteiger partial charge in [-0.1, -0.05) is 119 Å². The number of hydrogen-bond donors (Lipinski definition) is 0. The zero-order valence-electron chi connectivity index (χ0n) is 24.0. The fourth-order valence-electron chi connectivity index (χ4n) is 7.55. The summed E-state index contributed by atoms with van der Waals surface area (Å²) in [5, 5.41) is 6.50. The predicted molar refractivity (Wildman–Crippen MR) is 170 cm³/mol. The average molecular weight is 523 g/mol. The lowest BCUT2D eigenvalue weighted by molar-refractivity contribution is 0.331. The van der Waals surface area contributed by atoms with Crippen molar-refractivity contribution in [3.8, 4) is 22.3 Å². The van der Waals surface area contributed by atoms with E-state index >= 15 is 0 Å². The van der Waals surface area contributed by atoms with Crippen LogP contribution in [0.15, 0.2) is 97.1 Å². The Balaban J connectivity index is 1.67. The van der Waals surface area contributed by atoms with Crippen LogP contribution in [0.4, 0.5) is 4.39 Å². The highest BCUT2D eigenvalue weighted by Gasteiger charge is 2.40. The summed E-state index contributed by atoms with van der Waals surface area (Å²) in [6.45, 7) is 12.0. The number of halogens is 1. The molecule has 0 bridgehead atoms. The Morgan fingerprint density at radius 3 is 1.45 bits per heavy atom. The SMILES string of the molecule is Cc1ccc(-c2c3ccccc3c(-c3ccc(F)c4ccccc34)c3ccccc23)c2c1C(C)(C)CCC2(C)C. The van der Waals surface area contributed by atoms with Gasteiger partial charge in [0.2, 0.25) is 0 Å². The fraction of sp³-hybridized carbons (Fsp3) is 0.231. The van der Waals surface area contributed by atoms with Gasteiger partial charge in [-0.05, 0) is 103 Å². The van der Waals surface area contributed by atoms with Gasteiger partial charge < -0.3 is 0 Å². The average Bonchev–Trinajstić information content (AvgIpc) is 2.95. The lowest BCUT2D eigenvalue weighted by Crippen LogP contribution is -2.35. The molecule has 0 heterocycles. The molecule has 6 aromatic rings. The standard InChI is InChI=1S/C39H35F/c1-24-18-19-32(37-36(24)38(2,3)22-23-39(37,4)5)35-29-16-10-8-14-27(29)34(28-15-9-11-17-30(28)35)31-20-21-33(40)26-13-7-6-12-25(26)31/h6-21H,22-23H2,1-5H3. The van der Waals surface area contributed by atoms with Crippen LogP contribution >= 0.6 is 0 Å². The third-order valence-electron chi connectivity index (χ3n) is 9.48. The summed E-state index contributed by atoms with van der Waals surface area (Å²) in [5.74, 6) is -0.180. The quantitative estimate of drug-likeness (QED) is 0.198. The van der Waals surface area contributed by atoms with Gasteiger partial charge >= 0.3 is 0 Å². The second-order valence-electron chi connectivity index (χ2n) is 12.9. The lowest BCUT2D eigenvalue weighted by Gasteiger charge is -2.44. The van der Waals surface area contributed by atoms with Crippen LogP contribution < -0.4 is 0 Å². The number of benzene rings is 6. The number of fused-ring (bicyclic) bond motifs is 4. The van der Waals surface area contributed by atoms with E-state index < -0.39 is 0 Å². The van der Waals surface area contributed by atoms with Crippen LogP contribution in [-0.4, -0.2) is 0 Å². The van der Waals surface area contributed by atoms with Gasteiger partial charge in [0.1, 0.15) is 5.82 Å². The molecule has 0 saturated carbocycles. The first-order valence-electron chi connectivity index (χ1n) is 14.4. The molecule has 1 heteroatoms. The highest BCUT2D eigenvalue weighted by Crippen LogP contribution is 2.53.